The third-order valence-corrected chi connectivity index (χ3v) is 9.11. The van der Waals surface area contributed by atoms with Crippen LogP contribution in [0.4, 0.5) is 10.5 Å². The van der Waals surface area contributed by atoms with Crippen LogP contribution in [0.3, 0.4) is 0 Å². The van der Waals surface area contributed by atoms with Gasteiger partial charge in [-0.2, -0.15) is 0 Å². The van der Waals surface area contributed by atoms with Crippen molar-refractivity contribution in [3.8, 4) is 0 Å². The summed E-state index contributed by atoms with van der Waals surface area (Å²) in [5.41, 5.74) is 0.335. The van der Waals surface area contributed by atoms with Gasteiger partial charge in [0.25, 0.3) is 5.69 Å². The first kappa shape index (κ1) is 32.0. The van der Waals surface area contributed by atoms with E-state index in [1.807, 2.05) is 6.92 Å². The van der Waals surface area contributed by atoms with Crippen LogP contribution in [-0.4, -0.2) is 98.7 Å². The van der Waals surface area contributed by atoms with Crippen LogP contribution in [0.2, 0.25) is 0 Å². The lowest BCUT2D eigenvalue weighted by molar-refractivity contribution is -0.384. The Morgan fingerprint density at radius 1 is 1.26 bits per heavy atom. The molecule has 2 amide bonds. The first-order chi connectivity index (χ1) is 20.4. The SMILES string of the molecule is C=CCOC(=O)COC[C@@H]1C[C@H](SC2=C(C(=O)O)N3C(=O)[C@H]([C@@H](C)O)[C@H]3[C@H]2C)CN1C(=O)OCc1ccc([N+](=O)[O-])cc1. The molecule has 0 aromatic heterocycles. The predicted octanol–water partition coefficient (Wildman–Crippen LogP) is 2.31. The molecule has 2 saturated heterocycles. The molecule has 0 radical (unpaired) electrons. The summed E-state index contributed by atoms with van der Waals surface area (Å²) in [6, 6.07) is 4.59. The van der Waals surface area contributed by atoms with Gasteiger partial charge in [-0.1, -0.05) is 19.6 Å². The molecule has 1 aromatic carbocycles. The average molecular weight is 620 g/mol. The molecule has 3 heterocycles. The quantitative estimate of drug-likeness (QED) is 0.108. The van der Waals surface area contributed by atoms with Crippen LogP contribution in [0, 0.1) is 22.0 Å². The number of carbonyl (C=O) groups is 4. The van der Waals surface area contributed by atoms with Gasteiger partial charge in [-0.3, -0.25) is 14.9 Å². The molecule has 0 spiro atoms. The molecule has 0 unspecified atom stereocenters. The highest BCUT2D eigenvalue weighted by Crippen LogP contribution is 2.52. The normalized spacial score (nSPS) is 25.2. The number of benzene rings is 1. The minimum atomic E-state index is -1.25. The largest absolute Gasteiger partial charge is 0.477 e. The molecule has 43 heavy (non-hydrogen) atoms. The van der Waals surface area contributed by atoms with E-state index < -0.39 is 53.0 Å². The van der Waals surface area contributed by atoms with E-state index in [4.69, 9.17) is 14.2 Å². The zero-order valence-electron chi connectivity index (χ0n) is 23.6. The summed E-state index contributed by atoms with van der Waals surface area (Å²) in [5, 5.41) is 30.7. The fourth-order valence-corrected chi connectivity index (χ4v) is 7.18. The minimum Gasteiger partial charge on any atom is -0.477 e. The molecular weight excluding hydrogens is 586 g/mol. The lowest BCUT2D eigenvalue weighted by Crippen LogP contribution is -2.63. The van der Waals surface area contributed by atoms with E-state index in [-0.39, 0.29) is 55.5 Å². The number of hydrogen-bond donors (Lipinski definition) is 2. The Kier molecular flexibility index (Phi) is 10.1. The Labute approximate surface area is 251 Å². The summed E-state index contributed by atoms with van der Waals surface area (Å²) in [4.78, 5) is 63.5. The molecule has 0 saturated carbocycles. The number of aliphatic carboxylic acids is 1. The molecule has 15 heteroatoms. The van der Waals surface area contributed by atoms with E-state index in [2.05, 4.69) is 6.58 Å². The topological polar surface area (TPSA) is 186 Å². The summed E-state index contributed by atoms with van der Waals surface area (Å²) >= 11 is 1.27. The molecule has 3 aliphatic rings. The zero-order chi connectivity index (χ0) is 31.4. The van der Waals surface area contributed by atoms with Crippen molar-refractivity contribution < 1.29 is 48.5 Å². The number of thioether (sulfide) groups is 1. The fraction of sp³-hybridized carbons (Fsp3) is 0.500. The molecule has 232 valence electrons. The molecular formula is C28H33N3O11S. The number of nitro benzene ring substituents is 1. The van der Waals surface area contributed by atoms with Crippen molar-refractivity contribution in [2.45, 2.75) is 50.3 Å². The van der Waals surface area contributed by atoms with Crippen LogP contribution in [0.1, 0.15) is 25.8 Å². The number of amides is 2. The van der Waals surface area contributed by atoms with Gasteiger partial charge in [-0.25, -0.2) is 14.4 Å². The molecule has 4 rings (SSSR count). The number of carboxylic acids is 1. The van der Waals surface area contributed by atoms with Gasteiger partial charge in [0.05, 0.1) is 35.6 Å². The van der Waals surface area contributed by atoms with Gasteiger partial charge in [0, 0.05) is 34.8 Å². The molecule has 14 nitrogen and oxygen atoms in total. The lowest BCUT2D eigenvalue weighted by atomic mass is 9.79. The van der Waals surface area contributed by atoms with Crippen LogP contribution < -0.4 is 0 Å². The second-order valence-corrected chi connectivity index (χ2v) is 11.9. The highest BCUT2D eigenvalue weighted by molar-refractivity contribution is 8.03. The minimum absolute atomic E-state index is 0.0232. The van der Waals surface area contributed by atoms with E-state index in [0.29, 0.717) is 16.9 Å². The van der Waals surface area contributed by atoms with Crippen molar-refractivity contribution in [1.29, 1.82) is 0 Å². The van der Waals surface area contributed by atoms with E-state index in [1.165, 1.54) is 58.8 Å². The maximum absolute atomic E-state index is 13.2. The Bertz CT molecular complexity index is 1320. The van der Waals surface area contributed by atoms with Gasteiger partial charge in [-0.05, 0) is 31.0 Å². The number of β-lactam (4-membered cyclic amide) rings is 1. The number of nitrogens with zero attached hydrogens (tertiary/aromatic N) is 3. The predicted molar refractivity (Wildman–Crippen MR) is 151 cm³/mol. The Morgan fingerprint density at radius 2 is 1.95 bits per heavy atom. The Hall–Kier alpha value is -3.95. The number of hydrogen-bond acceptors (Lipinski definition) is 11. The fourth-order valence-electron chi connectivity index (χ4n) is 5.61. The number of aliphatic hydroxyl groups excluding tert-OH is 1. The van der Waals surface area contributed by atoms with Crippen LogP contribution in [-0.2, 0) is 35.2 Å². The monoisotopic (exact) mass is 619 g/mol. The van der Waals surface area contributed by atoms with Crippen molar-refractivity contribution in [2.75, 3.05) is 26.4 Å². The van der Waals surface area contributed by atoms with Crippen molar-refractivity contribution in [2.24, 2.45) is 11.8 Å². The van der Waals surface area contributed by atoms with Crippen molar-refractivity contribution in [3.63, 3.8) is 0 Å². The summed E-state index contributed by atoms with van der Waals surface area (Å²) < 4.78 is 15.9. The number of nitro groups is 1. The lowest BCUT2D eigenvalue weighted by Gasteiger charge is -2.46. The zero-order valence-corrected chi connectivity index (χ0v) is 24.4. The van der Waals surface area contributed by atoms with E-state index in [1.54, 1.807) is 0 Å². The summed E-state index contributed by atoms with van der Waals surface area (Å²) in [6.07, 6.45) is 0.191. The molecule has 3 aliphatic heterocycles. The number of ether oxygens (including phenoxy) is 3. The molecule has 2 fully saturated rings. The van der Waals surface area contributed by atoms with E-state index in [0.717, 1.165) is 0 Å². The number of likely N-dealkylation sites (tertiary alicyclic amines) is 1. The number of carbonyl (C=O) groups excluding carboxylic acids is 3. The standard InChI is InChI=1S/C28H33N3O11S/c1-4-9-41-21(33)14-40-13-19-10-20(11-29(19)28(37)42-12-17-5-7-18(8-6-17)31(38)39)43-25-15(2)23-22(16(3)32)26(34)30(23)24(25)27(35)36/h4-8,15-16,19-20,22-23,32H,1,9-14H2,2-3H3,(H,35,36)/t15-,16-,19+,20+,22-,23-/m1/s1. The van der Waals surface area contributed by atoms with E-state index >= 15 is 0 Å². The van der Waals surface area contributed by atoms with Crippen LogP contribution >= 0.6 is 11.8 Å². The summed E-state index contributed by atoms with van der Waals surface area (Å²) in [7, 11) is 0. The Balaban J connectivity index is 1.46. The molecule has 0 bridgehead atoms. The maximum atomic E-state index is 13.2. The first-order valence-electron chi connectivity index (χ1n) is 13.6. The molecule has 1 aromatic rings. The second-order valence-electron chi connectivity index (χ2n) is 10.5. The average Bonchev–Trinajstić information content (AvgIpc) is 3.47. The van der Waals surface area contributed by atoms with Gasteiger partial charge < -0.3 is 34.2 Å². The number of non-ortho nitro benzene ring substituents is 1. The van der Waals surface area contributed by atoms with Gasteiger partial charge in [-0.15, -0.1) is 11.8 Å². The highest BCUT2D eigenvalue weighted by atomic mass is 32.2. The van der Waals surface area contributed by atoms with Crippen LogP contribution in [0.15, 0.2) is 47.5 Å². The third-order valence-electron chi connectivity index (χ3n) is 7.62. The van der Waals surface area contributed by atoms with Crippen molar-refractivity contribution in [3.05, 3.63) is 63.2 Å². The van der Waals surface area contributed by atoms with Gasteiger partial charge in [0.2, 0.25) is 5.91 Å². The van der Waals surface area contributed by atoms with Crippen molar-refractivity contribution >= 4 is 41.4 Å². The third kappa shape index (κ3) is 6.84. The maximum Gasteiger partial charge on any atom is 0.410 e. The van der Waals surface area contributed by atoms with Gasteiger partial charge in [0.1, 0.15) is 25.5 Å². The number of aliphatic hydroxyl groups is 1. The Morgan fingerprint density at radius 3 is 2.56 bits per heavy atom. The molecule has 0 aliphatic carbocycles. The van der Waals surface area contributed by atoms with Gasteiger partial charge in [0.15, 0.2) is 0 Å². The summed E-state index contributed by atoms with van der Waals surface area (Å²) in [5.74, 6) is -3.32. The highest BCUT2D eigenvalue weighted by Gasteiger charge is 2.60. The first-order valence-corrected chi connectivity index (χ1v) is 14.5. The number of esters is 1. The number of fused-ring (bicyclic) bond motifs is 1. The summed E-state index contributed by atoms with van der Waals surface area (Å²) in [6.45, 7) is 6.48. The van der Waals surface area contributed by atoms with Crippen LogP contribution in [0.25, 0.3) is 0 Å². The number of rotatable bonds is 13. The van der Waals surface area contributed by atoms with Crippen molar-refractivity contribution in [1.82, 2.24) is 9.80 Å². The van der Waals surface area contributed by atoms with Crippen LogP contribution in [0.5, 0.6) is 0 Å². The van der Waals surface area contributed by atoms with Gasteiger partial charge >= 0.3 is 18.0 Å². The molecule has 2 N–H and O–H groups in total. The smallest absolute Gasteiger partial charge is 0.410 e. The second kappa shape index (κ2) is 13.6. The van der Waals surface area contributed by atoms with E-state index in [9.17, 15) is 39.5 Å². The number of carboxylic acid groups (broad SMARTS) is 1. The molecule has 6 atom stereocenters.